The quantitative estimate of drug-likeness (QED) is 0.894. The molecule has 2 rings (SSSR count). The summed E-state index contributed by atoms with van der Waals surface area (Å²) in [6.07, 6.45) is 0. The summed E-state index contributed by atoms with van der Waals surface area (Å²) in [4.78, 5) is 10.7. The molecule has 0 aliphatic heterocycles. The second kappa shape index (κ2) is 5.01. The molecule has 0 saturated heterocycles. The van der Waals surface area contributed by atoms with Crippen molar-refractivity contribution in [3.63, 3.8) is 0 Å². The molecule has 0 atom stereocenters. The van der Waals surface area contributed by atoms with Gasteiger partial charge in [-0.05, 0) is 18.2 Å². The third kappa shape index (κ3) is 2.67. The van der Waals surface area contributed by atoms with Gasteiger partial charge in [-0.3, -0.25) is 0 Å². The lowest BCUT2D eigenvalue weighted by Crippen LogP contribution is -2.04. The average Bonchev–Trinajstić information content (AvgIpc) is 2.34. The highest BCUT2D eigenvalue weighted by atomic mass is 19.1. The Morgan fingerprint density at radius 2 is 1.63 bits per heavy atom. The summed E-state index contributed by atoms with van der Waals surface area (Å²) >= 11 is 0. The molecule has 2 aromatic carbocycles. The molecule has 0 radical (unpaired) electrons. The topological polar surface area (TPSA) is 49.3 Å². The highest BCUT2D eigenvalue weighted by Gasteiger charge is 2.15. The van der Waals surface area contributed by atoms with Crippen molar-refractivity contribution in [2.75, 3.05) is 5.32 Å². The van der Waals surface area contributed by atoms with Gasteiger partial charge >= 0.3 is 5.97 Å². The van der Waals surface area contributed by atoms with Gasteiger partial charge in [0.25, 0.3) is 0 Å². The van der Waals surface area contributed by atoms with Crippen molar-refractivity contribution in [3.05, 3.63) is 59.4 Å². The van der Waals surface area contributed by atoms with E-state index in [2.05, 4.69) is 5.32 Å². The molecule has 0 heterocycles. The second-order valence-corrected chi connectivity index (χ2v) is 3.72. The average molecular weight is 267 g/mol. The molecular formula is C13H8F3NO2. The fourth-order valence-corrected chi connectivity index (χ4v) is 1.52. The second-order valence-electron chi connectivity index (χ2n) is 3.72. The Kier molecular flexibility index (Phi) is 3.41. The fourth-order valence-electron chi connectivity index (χ4n) is 1.52. The summed E-state index contributed by atoms with van der Waals surface area (Å²) in [5, 5.41) is 11.1. The predicted octanol–water partition coefficient (Wildman–Crippen LogP) is 3.55. The van der Waals surface area contributed by atoms with Crippen molar-refractivity contribution >= 4 is 17.3 Å². The zero-order valence-corrected chi connectivity index (χ0v) is 9.45. The zero-order chi connectivity index (χ0) is 14.0. The number of nitrogens with one attached hydrogen (secondary N) is 1. The van der Waals surface area contributed by atoms with E-state index in [0.29, 0.717) is 6.07 Å². The molecule has 0 bridgehead atoms. The van der Waals surface area contributed by atoms with E-state index in [9.17, 15) is 18.0 Å². The van der Waals surface area contributed by atoms with Crippen molar-refractivity contribution in [2.45, 2.75) is 0 Å². The van der Waals surface area contributed by atoms with Crippen LogP contribution in [0.1, 0.15) is 10.4 Å². The normalized spacial score (nSPS) is 10.3. The SMILES string of the molecule is O=C(O)c1cc(Nc2ccccc2F)c(F)cc1F. The van der Waals surface area contributed by atoms with Crippen LogP contribution in [-0.2, 0) is 0 Å². The predicted molar refractivity (Wildman–Crippen MR) is 63.0 cm³/mol. The van der Waals surface area contributed by atoms with Gasteiger partial charge in [0, 0.05) is 6.07 Å². The Labute approximate surface area is 106 Å². The van der Waals surface area contributed by atoms with Crippen molar-refractivity contribution in [3.8, 4) is 0 Å². The molecule has 0 amide bonds. The van der Waals surface area contributed by atoms with Gasteiger partial charge in [0.15, 0.2) is 0 Å². The number of carboxylic acid groups (broad SMARTS) is 1. The summed E-state index contributed by atoms with van der Waals surface area (Å²) in [6.45, 7) is 0. The first-order valence-corrected chi connectivity index (χ1v) is 5.23. The zero-order valence-electron chi connectivity index (χ0n) is 9.45. The minimum absolute atomic E-state index is 0.0376. The molecule has 19 heavy (non-hydrogen) atoms. The third-order valence-electron chi connectivity index (χ3n) is 2.43. The van der Waals surface area contributed by atoms with Crippen LogP contribution in [0.3, 0.4) is 0 Å². The van der Waals surface area contributed by atoms with Crippen LogP contribution in [0.4, 0.5) is 24.5 Å². The molecule has 0 aliphatic rings. The third-order valence-corrected chi connectivity index (χ3v) is 2.43. The molecule has 2 N–H and O–H groups in total. The molecule has 0 aromatic heterocycles. The first-order chi connectivity index (χ1) is 8.99. The Morgan fingerprint density at radius 1 is 0.947 bits per heavy atom. The van der Waals surface area contributed by atoms with Crippen LogP contribution in [0.2, 0.25) is 0 Å². The summed E-state index contributed by atoms with van der Waals surface area (Å²) in [5.74, 6) is -4.37. The maximum absolute atomic E-state index is 13.5. The molecule has 98 valence electrons. The standard InChI is InChI=1S/C13H8F3NO2/c14-8-3-1-2-4-11(8)17-12-5-7(13(18)19)9(15)6-10(12)16/h1-6,17H,(H,18,19). The number of hydrogen-bond donors (Lipinski definition) is 2. The molecule has 0 saturated carbocycles. The van der Waals surface area contributed by atoms with E-state index < -0.39 is 29.0 Å². The van der Waals surface area contributed by atoms with Crippen LogP contribution in [0.25, 0.3) is 0 Å². The lowest BCUT2D eigenvalue weighted by molar-refractivity contribution is 0.0692. The Balaban J connectivity index is 2.43. The van der Waals surface area contributed by atoms with Crippen molar-refractivity contribution < 1.29 is 23.1 Å². The van der Waals surface area contributed by atoms with E-state index in [-0.39, 0.29) is 11.4 Å². The number of aromatic carboxylic acids is 1. The number of benzene rings is 2. The Hall–Kier alpha value is -2.50. The van der Waals surface area contributed by atoms with E-state index in [4.69, 9.17) is 5.11 Å². The van der Waals surface area contributed by atoms with Crippen LogP contribution in [0.5, 0.6) is 0 Å². The molecule has 3 nitrogen and oxygen atoms in total. The van der Waals surface area contributed by atoms with E-state index in [0.717, 1.165) is 12.1 Å². The highest BCUT2D eigenvalue weighted by Crippen LogP contribution is 2.24. The number of hydrogen-bond acceptors (Lipinski definition) is 2. The number of carbonyl (C=O) groups is 1. The summed E-state index contributed by atoms with van der Waals surface area (Å²) < 4.78 is 40.0. The number of anilines is 2. The first-order valence-electron chi connectivity index (χ1n) is 5.23. The molecule has 6 heteroatoms. The van der Waals surface area contributed by atoms with Crippen LogP contribution in [0, 0.1) is 17.5 Å². The van der Waals surface area contributed by atoms with Crippen LogP contribution >= 0.6 is 0 Å². The molecule has 0 aliphatic carbocycles. The lowest BCUT2D eigenvalue weighted by atomic mass is 10.1. The van der Waals surface area contributed by atoms with Gasteiger partial charge < -0.3 is 10.4 Å². The monoisotopic (exact) mass is 267 g/mol. The molecule has 0 unspecified atom stereocenters. The Morgan fingerprint density at radius 3 is 2.26 bits per heavy atom. The van der Waals surface area contributed by atoms with Gasteiger partial charge in [-0.2, -0.15) is 0 Å². The van der Waals surface area contributed by atoms with E-state index in [1.165, 1.54) is 18.2 Å². The minimum atomic E-state index is -1.53. The molecule has 0 fully saturated rings. The van der Waals surface area contributed by atoms with Crippen LogP contribution in [-0.4, -0.2) is 11.1 Å². The summed E-state index contributed by atoms with van der Waals surface area (Å²) in [5.41, 5.74) is -1.05. The van der Waals surface area contributed by atoms with Gasteiger partial charge in [-0.15, -0.1) is 0 Å². The smallest absolute Gasteiger partial charge is 0.338 e. The van der Waals surface area contributed by atoms with Crippen LogP contribution < -0.4 is 5.32 Å². The van der Waals surface area contributed by atoms with Crippen molar-refractivity contribution in [1.29, 1.82) is 0 Å². The van der Waals surface area contributed by atoms with Crippen molar-refractivity contribution in [1.82, 2.24) is 0 Å². The van der Waals surface area contributed by atoms with Gasteiger partial charge in [-0.25, -0.2) is 18.0 Å². The largest absolute Gasteiger partial charge is 0.478 e. The van der Waals surface area contributed by atoms with Crippen LogP contribution in [0.15, 0.2) is 36.4 Å². The summed E-state index contributed by atoms with van der Waals surface area (Å²) in [7, 11) is 0. The minimum Gasteiger partial charge on any atom is -0.478 e. The molecular weight excluding hydrogens is 259 g/mol. The molecule has 2 aromatic rings. The van der Waals surface area contributed by atoms with Gasteiger partial charge in [0.05, 0.1) is 16.9 Å². The number of halogens is 3. The first kappa shape index (κ1) is 12.9. The van der Waals surface area contributed by atoms with Gasteiger partial charge in [-0.1, -0.05) is 12.1 Å². The van der Waals surface area contributed by atoms with Gasteiger partial charge in [0.2, 0.25) is 0 Å². The maximum Gasteiger partial charge on any atom is 0.338 e. The van der Waals surface area contributed by atoms with E-state index in [1.54, 1.807) is 0 Å². The van der Waals surface area contributed by atoms with Crippen molar-refractivity contribution in [2.24, 2.45) is 0 Å². The Bertz CT molecular complexity index is 644. The fraction of sp³-hybridized carbons (Fsp3) is 0. The van der Waals surface area contributed by atoms with E-state index >= 15 is 0 Å². The highest BCUT2D eigenvalue weighted by molar-refractivity contribution is 5.89. The number of para-hydroxylation sites is 1. The number of rotatable bonds is 3. The number of carboxylic acids is 1. The summed E-state index contributed by atoms with van der Waals surface area (Å²) in [6, 6.07) is 6.68. The lowest BCUT2D eigenvalue weighted by Gasteiger charge is -2.09. The maximum atomic E-state index is 13.5. The van der Waals surface area contributed by atoms with Gasteiger partial charge in [0.1, 0.15) is 17.5 Å². The molecule has 0 spiro atoms. The van der Waals surface area contributed by atoms with E-state index in [1.807, 2.05) is 0 Å².